The molecule has 1 unspecified atom stereocenters. The average Bonchev–Trinajstić information content (AvgIpc) is 2.84. The highest BCUT2D eigenvalue weighted by Gasteiger charge is 2.29. The van der Waals surface area contributed by atoms with Gasteiger partial charge in [-0.15, -0.1) is 0 Å². The van der Waals surface area contributed by atoms with Gasteiger partial charge >= 0.3 is 6.09 Å². The van der Waals surface area contributed by atoms with Crippen molar-refractivity contribution in [3.63, 3.8) is 0 Å². The predicted molar refractivity (Wildman–Crippen MR) is 77.3 cm³/mol. The second-order valence-electron chi connectivity index (χ2n) is 6.15. The van der Waals surface area contributed by atoms with Crippen molar-refractivity contribution in [2.24, 2.45) is 0 Å². The summed E-state index contributed by atoms with van der Waals surface area (Å²) in [6, 6.07) is 4.29. The number of ether oxygens (including phenoxy) is 1. The van der Waals surface area contributed by atoms with Gasteiger partial charge in [0.05, 0.1) is 0 Å². The first-order valence-corrected chi connectivity index (χ1v) is 7.04. The molecule has 1 saturated heterocycles. The van der Waals surface area contributed by atoms with Crippen molar-refractivity contribution < 1.29 is 9.53 Å². The molecule has 1 aliphatic heterocycles. The van der Waals surface area contributed by atoms with Crippen LogP contribution >= 0.6 is 0 Å². The van der Waals surface area contributed by atoms with Crippen molar-refractivity contribution in [1.82, 2.24) is 15.2 Å². The lowest BCUT2D eigenvalue weighted by molar-refractivity contribution is 0.0291. The topological polar surface area (TPSA) is 54.5 Å². The molecular weight excluding hydrogens is 254 g/mol. The van der Waals surface area contributed by atoms with E-state index in [4.69, 9.17) is 4.74 Å². The molecule has 1 aliphatic rings. The molecule has 1 amide bonds. The van der Waals surface area contributed by atoms with Crippen molar-refractivity contribution in [3.8, 4) is 0 Å². The lowest BCUT2D eigenvalue weighted by Crippen LogP contribution is -2.38. The van der Waals surface area contributed by atoms with Crippen LogP contribution in [0.2, 0.25) is 0 Å². The molecular formula is C15H23N3O2. The summed E-state index contributed by atoms with van der Waals surface area (Å²) >= 11 is 0. The van der Waals surface area contributed by atoms with Gasteiger partial charge in [0.25, 0.3) is 0 Å². The molecule has 0 saturated carbocycles. The fraction of sp³-hybridized carbons (Fsp3) is 0.600. The summed E-state index contributed by atoms with van der Waals surface area (Å²) < 4.78 is 5.38. The van der Waals surface area contributed by atoms with E-state index in [1.807, 2.05) is 39.1 Å². The maximum atomic E-state index is 11.9. The Balaban J connectivity index is 1.76. The van der Waals surface area contributed by atoms with Gasteiger partial charge in [0.2, 0.25) is 0 Å². The first kappa shape index (κ1) is 14.8. The summed E-state index contributed by atoms with van der Waals surface area (Å²) in [6.07, 6.45) is 4.36. The molecule has 5 heteroatoms. The van der Waals surface area contributed by atoms with Crippen LogP contribution in [0.5, 0.6) is 0 Å². The highest BCUT2D eigenvalue weighted by atomic mass is 16.6. The molecule has 20 heavy (non-hydrogen) atoms. The smallest absolute Gasteiger partial charge is 0.410 e. The maximum absolute atomic E-state index is 11.9. The highest BCUT2D eigenvalue weighted by molar-refractivity contribution is 5.68. The van der Waals surface area contributed by atoms with E-state index in [2.05, 4.69) is 10.3 Å². The summed E-state index contributed by atoms with van der Waals surface area (Å²) in [5.41, 5.74) is 0.724. The molecule has 0 radical (unpaired) electrons. The molecule has 2 rings (SSSR count). The minimum atomic E-state index is -0.432. The molecule has 0 spiro atoms. The third kappa shape index (κ3) is 4.49. The van der Waals surface area contributed by atoms with Gasteiger partial charge in [-0.25, -0.2) is 4.79 Å². The van der Waals surface area contributed by atoms with Crippen LogP contribution in [0.1, 0.15) is 32.8 Å². The Morgan fingerprint density at radius 3 is 3.00 bits per heavy atom. The lowest BCUT2D eigenvalue weighted by atomic mass is 10.2. The molecule has 1 aromatic rings. The Morgan fingerprint density at radius 2 is 2.35 bits per heavy atom. The zero-order valence-electron chi connectivity index (χ0n) is 12.4. The van der Waals surface area contributed by atoms with Crippen molar-refractivity contribution in [2.75, 3.05) is 13.1 Å². The van der Waals surface area contributed by atoms with Crippen molar-refractivity contribution in [3.05, 3.63) is 30.1 Å². The van der Waals surface area contributed by atoms with E-state index in [0.29, 0.717) is 12.6 Å². The van der Waals surface area contributed by atoms with Crippen LogP contribution in [-0.4, -0.2) is 40.7 Å². The van der Waals surface area contributed by atoms with E-state index in [1.54, 1.807) is 11.1 Å². The molecule has 0 bridgehead atoms. The number of carbonyl (C=O) groups excluding carboxylic acids is 1. The number of pyridine rings is 1. The Morgan fingerprint density at radius 1 is 1.55 bits per heavy atom. The molecule has 1 aromatic heterocycles. The van der Waals surface area contributed by atoms with Crippen molar-refractivity contribution >= 4 is 6.09 Å². The predicted octanol–water partition coefficient (Wildman–Crippen LogP) is 2.18. The highest BCUT2D eigenvalue weighted by Crippen LogP contribution is 2.15. The molecule has 110 valence electrons. The van der Waals surface area contributed by atoms with Crippen LogP contribution in [0.25, 0.3) is 0 Å². The van der Waals surface area contributed by atoms with Gasteiger partial charge in [0.15, 0.2) is 0 Å². The fourth-order valence-electron chi connectivity index (χ4n) is 2.18. The van der Waals surface area contributed by atoms with E-state index in [0.717, 1.165) is 25.1 Å². The second-order valence-corrected chi connectivity index (χ2v) is 6.15. The van der Waals surface area contributed by atoms with Gasteiger partial charge in [0, 0.05) is 38.1 Å². The number of aromatic nitrogens is 1. The number of amides is 1. The molecule has 1 N–H and O–H groups in total. The SMILES string of the molecule is CC(C)(C)OC(=O)N1CCC(NCc2cccnc2)C1. The largest absolute Gasteiger partial charge is 0.444 e. The monoisotopic (exact) mass is 277 g/mol. The van der Waals surface area contributed by atoms with Crippen molar-refractivity contribution in [1.29, 1.82) is 0 Å². The van der Waals surface area contributed by atoms with E-state index in [9.17, 15) is 4.79 Å². The summed E-state index contributed by atoms with van der Waals surface area (Å²) in [5.74, 6) is 0. The third-order valence-corrected chi connectivity index (χ3v) is 3.16. The standard InChI is InChI=1S/C15H23N3O2/c1-15(2,3)20-14(19)18-8-6-13(11-18)17-10-12-5-4-7-16-9-12/h4-5,7,9,13,17H,6,8,10-11H2,1-3H3. The zero-order chi connectivity index (χ0) is 14.6. The van der Waals surface area contributed by atoms with Gasteiger partial charge in [-0.3, -0.25) is 4.98 Å². The van der Waals surface area contributed by atoms with Crippen molar-refractivity contribution in [2.45, 2.75) is 45.4 Å². The maximum Gasteiger partial charge on any atom is 0.410 e. The van der Waals surface area contributed by atoms with Crippen LogP contribution in [0.3, 0.4) is 0 Å². The Bertz CT molecular complexity index is 442. The summed E-state index contributed by atoms with van der Waals surface area (Å²) in [4.78, 5) is 17.8. The summed E-state index contributed by atoms with van der Waals surface area (Å²) in [7, 11) is 0. The first-order chi connectivity index (χ1) is 9.44. The molecule has 1 atom stereocenters. The summed E-state index contributed by atoms with van der Waals surface area (Å²) in [5, 5.41) is 3.46. The van der Waals surface area contributed by atoms with E-state index >= 15 is 0 Å². The zero-order valence-corrected chi connectivity index (χ0v) is 12.4. The number of likely N-dealkylation sites (tertiary alicyclic amines) is 1. The van der Waals surface area contributed by atoms with E-state index in [-0.39, 0.29) is 6.09 Å². The lowest BCUT2D eigenvalue weighted by Gasteiger charge is -2.24. The van der Waals surface area contributed by atoms with Crippen LogP contribution in [-0.2, 0) is 11.3 Å². The molecule has 0 aromatic carbocycles. The molecule has 5 nitrogen and oxygen atoms in total. The van der Waals surface area contributed by atoms with Crippen LogP contribution in [0.4, 0.5) is 4.79 Å². The number of rotatable bonds is 3. The van der Waals surface area contributed by atoms with E-state index in [1.165, 1.54) is 0 Å². The number of carbonyl (C=O) groups is 1. The number of hydrogen-bond donors (Lipinski definition) is 1. The van der Waals surface area contributed by atoms with Gasteiger partial charge in [-0.2, -0.15) is 0 Å². The normalized spacial score (nSPS) is 19.1. The Kier molecular flexibility index (Phi) is 4.60. The minimum absolute atomic E-state index is 0.219. The quantitative estimate of drug-likeness (QED) is 0.920. The fourth-order valence-corrected chi connectivity index (χ4v) is 2.18. The van der Waals surface area contributed by atoms with Crippen LogP contribution < -0.4 is 5.32 Å². The average molecular weight is 277 g/mol. The molecule has 0 aliphatic carbocycles. The van der Waals surface area contributed by atoms with Gasteiger partial charge < -0.3 is 15.0 Å². The molecule has 2 heterocycles. The third-order valence-electron chi connectivity index (χ3n) is 3.16. The van der Waals surface area contributed by atoms with Gasteiger partial charge in [-0.05, 0) is 38.8 Å². The summed E-state index contributed by atoms with van der Waals surface area (Å²) in [6.45, 7) is 7.90. The second kappa shape index (κ2) is 6.22. The molecule has 1 fully saturated rings. The number of hydrogen-bond acceptors (Lipinski definition) is 4. The number of nitrogens with zero attached hydrogens (tertiary/aromatic N) is 2. The number of nitrogens with one attached hydrogen (secondary N) is 1. The van der Waals surface area contributed by atoms with Gasteiger partial charge in [0.1, 0.15) is 5.60 Å². The Hall–Kier alpha value is -1.62. The van der Waals surface area contributed by atoms with Crippen LogP contribution in [0, 0.1) is 0 Å². The Labute approximate surface area is 120 Å². The van der Waals surface area contributed by atoms with Crippen LogP contribution in [0.15, 0.2) is 24.5 Å². The van der Waals surface area contributed by atoms with Gasteiger partial charge in [-0.1, -0.05) is 6.07 Å². The minimum Gasteiger partial charge on any atom is -0.444 e. The first-order valence-electron chi connectivity index (χ1n) is 7.04. The van der Waals surface area contributed by atoms with E-state index < -0.39 is 5.60 Å².